The predicted octanol–water partition coefficient (Wildman–Crippen LogP) is 6.46. The molecule has 2 unspecified atom stereocenters. The molecular weight excluding hydrogens is 488 g/mol. The summed E-state index contributed by atoms with van der Waals surface area (Å²) < 4.78 is 4.74. The molecule has 1 aromatic heterocycles. The molecule has 2 heterocycles. The quantitative estimate of drug-likeness (QED) is 0.386. The Morgan fingerprint density at radius 1 is 1.03 bits per heavy atom. The van der Waals surface area contributed by atoms with Crippen LogP contribution in [0, 0.1) is 12.8 Å². The van der Waals surface area contributed by atoms with E-state index in [9.17, 15) is 9.59 Å². The first kappa shape index (κ1) is 25.7. The summed E-state index contributed by atoms with van der Waals surface area (Å²) >= 11 is 0. The first-order valence-corrected chi connectivity index (χ1v) is 14.3. The first-order valence-electron chi connectivity index (χ1n) is 14.3. The van der Waals surface area contributed by atoms with Gasteiger partial charge in [0.2, 0.25) is 5.91 Å². The Kier molecular flexibility index (Phi) is 6.69. The van der Waals surface area contributed by atoms with Gasteiger partial charge in [-0.3, -0.25) is 4.79 Å². The van der Waals surface area contributed by atoms with Crippen LogP contribution in [0.2, 0.25) is 0 Å². The molecule has 4 atom stereocenters. The van der Waals surface area contributed by atoms with Gasteiger partial charge >= 0.3 is 6.09 Å². The van der Waals surface area contributed by atoms with E-state index in [1.807, 2.05) is 24.9 Å². The highest BCUT2D eigenvalue weighted by molar-refractivity contribution is 5.86. The van der Waals surface area contributed by atoms with Crippen molar-refractivity contribution < 1.29 is 14.3 Å². The van der Waals surface area contributed by atoms with E-state index in [4.69, 9.17) is 9.72 Å². The Hall–Kier alpha value is -3.61. The number of fused-ring (bicyclic) bond motifs is 5. The van der Waals surface area contributed by atoms with Crippen molar-refractivity contribution in [2.75, 3.05) is 13.7 Å². The number of hydrogen-bond donors (Lipinski definition) is 2. The Bertz CT molecular complexity index is 1390. The summed E-state index contributed by atoms with van der Waals surface area (Å²) in [4.78, 5) is 35.3. The van der Waals surface area contributed by atoms with Crippen LogP contribution in [0.25, 0.3) is 22.4 Å². The number of nitrogens with zero attached hydrogens (tertiary/aromatic N) is 2. The van der Waals surface area contributed by atoms with Crippen LogP contribution in [-0.4, -0.2) is 46.6 Å². The summed E-state index contributed by atoms with van der Waals surface area (Å²) in [7, 11) is 1.31. The Labute approximate surface area is 230 Å². The molecule has 0 radical (unpaired) electrons. The minimum atomic E-state index is -0.640. The maximum absolute atomic E-state index is 13.4. The van der Waals surface area contributed by atoms with Crippen molar-refractivity contribution in [3.63, 3.8) is 0 Å². The zero-order valence-electron chi connectivity index (χ0n) is 23.3. The van der Waals surface area contributed by atoms with E-state index in [-0.39, 0.29) is 17.9 Å². The zero-order valence-corrected chi connectivity index (χ0v) is 23.3. The molecule has 7 nitrogen and oxygen atoms in total. The van der Waals surface area contributed by atoms with E-state index in [0.717, 1.165) is 35.8 Å². The molecule has 2 bridgehead atoms. The number of H-pyrrole nitrogens is 1. The molecule has 6 rings (SSSR count). The number of alkyl carbamates (subject to hydrolysis) is 1. The van der Waals surface area contributed by atoms with Crippen LogP contribution < -0.4 is 5.32 Å². The van der Waals surface area contributed by atoms with Crippen molar-refractivity contribution in [1.29, 1.82) is 0 Å². The van der Waals surface area contributed by atoms with Gasteiger partial charge in [0, 0.05) is 6.54 Å². The van der Waals surface area contributed by atoms with E-state index in [1.54, 1.807) is 11.1 Å². The molecule has 2 fully saturated rings. The van der Waals surface area contributed by atoms with Crippen LogP contribution in [0.15, 0.2) is 42.6 Å². The van der Waals surface area contributed by atoms with Gasteiger partial charge in [-0.1, -0.05) is 50.2 Å². The van der Waals surface area contributed by atoms with Gasteiger partial charge in [-0.05, 0) is 90.2 Å². The third-order valence-electron chi connectivity index (χ3n) is 9.10. The fraction of sp³-hybridized carbons (Fsp3) is 0.469. The minimum Gasteiger partial charge on any atom is -0.453 e. The van der Waals surface area contributed by atoms with Crippen LogP contribution in [-0.2, 0) is 9.53 Å². The molecule has 1 aliphatic heterocycles. The number of aryl methyl sites for hydroxylation is 1. The summed E-state index contributed by atoms with van der Waals surface area (Å²) in [5, 5.41) is 2.71. The molecule has 204 valence electrons. The number of hydrogen-bond acceptors (Lipinski definition) is 4. The second-order valence-corrected chi connectivity index (χ2v) is 11.8. The number of benzene rings is 2. The van der Waals surface area contributed by atoms with Crippen molar-refractivity contribution >= 4 is 12.0 Å². The monoisotopic (exact) mass is 526 g/mol. The van der Waals surface area contributed by atoms with Crippen molar-refractivity contribution in [3.05, 3.63) is 65.1 Å². The number of rotatable bonds is 6. The molecular formula is C32H38N4O3. The fourth-order valence-corrected chi connectivity index (χ4v) is 7.16. The highest BCUT2D eigenvalue weighted by Crippen LogP contribution is 2.56. The van der Waals surface area contributed by atoms with E-state index >= 15 is 0 Å². The molecule has 1 saturated carbocycles. The van der Waals surface area contributed by atoms with Crippen LogP contribution in [0.5, 0.6) is 0 Å². The second kappa shape index (κ2) is 10.2. The number of carbonyl (C=O) groups excluding carboxylic acids is 2. The van der Waals surface area contributed by atoms with E-state index in [1.165, 1.54) is 43.1 Å². The summed E-state index contributed by atoms with van der Waals surface area (Å²) in [6.07, 6.45) is 6.98. The lowest BCUT2D eigenvalue weighted by atomic mass is 9.83. The van der Waals surface area contributed by atoms with E-state index < -0.39 is 12.1 Å². The number of imidazole rings is 1. The van der Waals surface area contributed by atoms with Gasteiger partial charge in [0.1, 0.15) is 11.9 Å². The molecule has 0 spiro atoms. The number of aromatic amines is 1. The lowest BCUT2D eigenvalue weighted by molar-refractivity contribution is -0.135. The summed E-state index contributed by atoms with van der Waals surface area (Å²) in [6.45, 7) is 6.75. The zero-order chi connectivity index (χ0) is 27.3. The van der Waals surface area contributed by atoms with Crippen LogP contribution in [0.4, 0.5) is 4.79 Å². The van der Waals surface area contributed by atoms with Crippen LogP contribution >= 0.6 is 0 Å². The van der Waals surface area contributed by atoms with Crippen molar-refractivity contribution in [2.24, 2.45) is 5.92 Å². The van der Waals surface area contributed by atoms with Gasteiger partial charge in [0.05, 0.1) is 25.0 Å². The normalized spacial score (nSPS) is 22.3. The average molecular weight is 527 g/mol. The molecule has 2 N–H and O–H groups in total. The Morgan fingerprint density at radius 3 is 2.46 bits per heavy atom. The predicted molar refractivity (Wildman–Crippen MR) is 151 cm³/mol. The minimum absolute atomic E-state index is 0.0616. The summed E-state index contributed by atoms with van der Waals surface area (Å²) in [6, 6.07) is 12.6. The smallest absolute Gasteiger partial charge is 0.407 e. The SMILES string of the molecule is COC(=O)N[C@H](C(=O)N1CCC[C@H]1c1ncc(-c2ccc(-c3ccc(C)c4c3C3CCC4C3)cc2)[nH]1)C(C)C. The molecule has 1 saturated heterocycles. The van der Waals surface area contributed by atoms with Crippen LogP contribution in [0.3, 0.4) is 0 Å². The fourth-order valence-electron chi connectivity index (χ4n) is 7.16. The lowest BCUT2D eigenvalue weighted by Crippen LogP contribution is -2.51. The summed E-state index contributed by atoms with van der Waals surface area (Å²) in [5.74, 6) is 2.09. The van der Waals surface area contributed by atoms with E-state index in [2.05, 4.69) is 53.6 Å². The molecule has 3 aliphatic rings. The molecule has 2 amide bonds. The van der Waals surface area contributed by atoms with Gasteiger partial charge in [0.25, 0.3) is 0 Å². The largest absolute Gasteiger partial charge is 0.453 e. The van der Waals surface area contributed by atoms with Gasteiger partial charge in [-0.15, -0.1) is 0 Å². The highest BCUT2D eigenvalue weighted by Gasteiger charge is 2.40. The number of methoxy groups -OCH3 is 1. The lowest BCUT2D eigenvalue weighted by Gasteiger charge is -2.30. The van der Waals surface area contributed by atoms with Crippen LogP contribution in [0.1, 0.15) is 86.3 Å². The first-order chi connectivity index (χ1) is 18.9. The molecule has 39 heavy (non-hydrogen) atoms. The van der Waals surface area contributed by atoms with Crippen molar-refractivity contribution in [1.82, 2.24) is 20.2 Å². The number of ether oxygens (including phenoxy) is 1. The molecule has 2 aliphatic carbocycles. The second-order valence-electron chi connectivity index (χ2n) is 11.8. The van der Waals surface area contributed by atoms with Gasteiger partial charge in [-0.2, -0.15) is 0 Å². The number of carbonyl (C=O) groups is 2. The Morgan fingerprint density at radius 2 is 1.74 bits per heavy atom. The number of amides is 2. The van der Waals surface area contributed by atoms with Gasteiger partial charge in [0.15, 0.2) is 0 Å². The van der Waals surface area contributed by atoms with Gasteiger partial charge in [-0.25, -0.2) is 9.78 Å². The van der Waals surface area contributed by atoms with Gasteiger partial charge < -0.3 is 19.9 Å². The maximum Gasteiger partial charge on any atom is 0.407 e. The van der Waals surface area contributed by atoms with Crippen molar-refractivity contribution in [3.8, 4) is 22.4 Å². The topological polar surface area (TPSA) is 87.3 Å². The average Bonchev–Trinajstić information content (AvgIpc) is 3.75. The molecule has 2 aromatic carbocycles. The summed E-state index contributed by atoms with van der Waals surface area (Å²) in [5.41, 5.74) is 9.33. The number of nitrogens with one attached hydrogen (secondary N) is 2. The third kappa shape index (κ3) is 4.52. The van der Waals surface area contributed by atoms with E-state index in [0.29, 0.717) is 12.5 Å². The maximum atomic E-state index is 13.4. The number of aromatic nitrogens is 2. The van der Waals surface area contributed by atoms with Crippen molar-refractivity contribution in [2.45, 2.75) is 76.8 Å². The number of likely N-dealkylation sites (tertiary alicyclic amines) is 1. The third-order valence-corrected chi connectivity index (χ3v) is 9.10. The highest BCUT2D eigenvalue weighted by atomic mass is 16.5. The standard InChI is InChI=1S/C32H38N4O3/c1-18(2)29(35-32(38)39-4)31(37)36-15-5-6-26(36)30-33-17-25(34-30)21-10-8-20(9-11-21)24-14-7-19(3)27-22-12-13-23(16-22)28(24)27/h7-11,14,17-18,22-23,26,29H,5-6,12-13,15-16H2,1-4H3,(H,33,34)(H,35,38)/t22?,23?,26-,29-/m0/s1. The molecule has 3 aromatic rings. The Balaban J connectivity index is 1.22. The molecule has 7 heteroatoms.